The van der Waals surface area contributed by atoms with Crippen molar-refractivity contribution in [2.45, 2.75) is 44.9 Å². The predicted octanol–water partition coefficient (Wildman–Crippen LogP) is -0.396. The number of carboxylic acid groups (broad SMARTS) is 1. The van der Waals surface area contributed by atoms with Gasteiger partial charge in [0.25, 0.3) is 0 Å². The fraction of sp³-hybridized carbons (Fsp3) is 0.833. The lowest BCUT2D eigenvalue weighted by Crippen LogP contribution is -2.52. The van der Waals surface area contributed by atoms with Crippen LogP contribution in [0.1, 0.15) is 26.7 Å². The van der Waals surface area contributed by atoms with Gasteiger partial charge in [-0.3, -0.25) is 4.90 Å². The molecule has 3 atom stereocenters. The van der Waals surface area contributed by atoms with Crippen LogP contribution in [0.25, 0.3) is 0 Å². The number of carbonyl (C=O) groups is 2. The number of aliphatic carboxylic acids is 1. The van der Waals surface area contributed by atoms with Gasteiger partial charge >= 0.3 is 12.0 Å². The zero-order valence-corrected chi connectivity index (χ0v) is 11.4. The molecule has 0 aromatic heterocycles. The Hall–Kier alpha value is -1.34. The summed E-state index contributed by atoms with van der Waals surface area (Å²) in [5.41, 5.74) is 0. The van der Waals surface area contributed by atoms with E-state index in [2.05, 4.69) is 15.5 Å². The van der Waals surface area contributed by atoms with Crippen LogP contribution in [0.15, 0.2) is 0 Å². The molecular formula is C12H23N3O4. The Bertz CT molecular complexity index is 316. The third-order valence-corrected chi connectivity index (χ3v) is 3.36. The summed E-state index contributed by atoms with van der Waals surface area (Å²) in [4.78, 5) is 24.7. The van der Waals surface area contributed by atoms with Crippen LogP contribution in [0.3, 0.4) is 0 Å². The number of carbonyl (C=O) groups excluding carboxylic acids is 1. The van der Waals surface area contributed by atoms with Gasteiger partial charge in [-0.15, -0.1) is 0 Å². The minimum Gasteiger partial charge on any atom is -0.480 e. The second kappa shape index (κ2) is 7.30. The maximum Gasteiger partial charge on any atom is 0.328 e. The van der Waals surface area contributed by atoms with Gasteiger partial charge in [-0.2, -0.15) is 0 Å². The molecule has 3 unspecified atom stereocenters. The summed E-state index contributed by atoms with van der Waals surface area (Å²) in [5, 5.41) is 23.0. The van der Waals surface area contributed by atoms with Crippen molar-refractivity contribution in [3.8, 4) is 0 Å². The molecule has 4 N–H and O–H groups in total. The lowest BCUT2D eigenvalue weighted by molar-refractivity contribution is -0.141. The van der Waals surface area contributed by atoms with Crippen molar-refractivity contribution in [2.75, 3.05) is 19.6 Å². The number of nitrogens with one attached hydrogen (secondary N) is 2. The highest BCUT2D eigenvalue weighted by Crippen LogP contribution is 2.10. The van der Waals surface area contributed by atoms with Crippen molar-refractivity contribution in [3.63, 3.8) is 0 Å². The maximum absolute atomic E-state index is 11.6. The van der Waals surface area contributed by atoms with Gasteiger partial charge in [0.2, 0.25) is 0 Å². The lowest BCUT2D eigenvalue weighted by Gasteiger charge is -2.24. The largest absolute Gasteiger partial charge is 0.480 e. The highest BCUT2D eigenvalue weighted by molar-refractivity contribution is 5.82. The number of amides is 2. The van der Waals surface area contributed by atoms with Gasteiger partial charge in [0.05, 0.1) is 6.10 Å². The molecule has 0 aromatic rings. The van der Waals surface area contributed by atoms with E-state index in [1.54, 1.807) is 0 Å². The Labute approximate surface area is 113 Å². The van der Waals surface area contributed by atoms with Crippen LogP contribution in [0.2, 0.25) is 0 Å². The van der Waals surface area contributed by atoms with Crippen molar-refractivity contribution in [2.24, 2.45) is 0 Å². The molecule has 0 spiro atoms. The van der Waals surface area contributed by atoms with Gasteiger partial charge in [-0.25, -0.2) is 9.59 Å². The molecule has 1 fully saturated rings. The first-order valence-electron chi connectivity index (χ1n) is 6.61. The van der Waals surface area contributed by atoms with Gasteiger partial charge in [0.1, 0.15) is 0 Å². The summed E-state index contributed by atoms with van der Waals surface area (Å²) in [7, 11) is 0. The number of nitrogens with zero attached hydrogens (tertiary/aromatic N) is 1. The highest BCUT2D eigenvalue weighted by atomic mass is 16.4. The smallest absolute Gasteiger partial charge is 0.328 e. The Morgan fingerprint density at radius 1 is 1.26 bits per heavy atom. The molecule has 0 bridgehead atoms. The van der Waals surface area contributed by atoms with E-state index >= 15 is 0 Å². The first-order valence-corrected chi connectivity index (χ1v) is 6.61. The normalized spacial score (nSPS) is 20.6. The molecule has 1 saturated heterocycles. The van der Waals surface area contributed by atoms with E-state index in [-0.39, 0.29) is 6.04 Å². The minimum absolute atomic E-state index is 0.225. The van der Waals surface area contributed by atoms with Gasteiger partial charge in [-0.1, -0.05) is 0 Å². The second-order valence-electron chi connectivity index (χ2n) is 5.00. The summed E-state index contributed by atoms with van der Waals surface area (Å²) < 4.78 is 0. The van der Waals surface area contributed by atoms with Crippen LogP contribution in [-0.4, -0.2) is 64.9 Å². The first-order chi connectivity index (χ1) is 8.91. The van der Waals surface area contributed by atoms with Gasteiger partial charge in [0, 0.05) is 12.6 Å². The zero-order valence-electron chi connectivity index (χ0n) is 11.4. The summed E-state index contributed by atoms with van der Waals surface area (Å²) in [6.45, 7) is 5.88. The molecule has 1 rings (SSSR count). The van der Waals surface area contributed by atoms with E-state index in [4.69, 9.17) is 5.11 Å². The average molecular weight is 273 g/mol. The Morgan fingerprint density at radius 2 is 1.84 bits per heavy atom. The van der Waals surface area contributed by atoms with Gasteiger partial charge in [0.15, 0.2) is 6.04 Å². The van der Waals surface area contributed by atoms with Crippen LogP contribution in [0, 0.1) is 0 Å². The zero-order chi connectivity index (χ0) is 14.4. The van der Waals surface area contributed by atoms with Gasteiger partial charge in [-0.05, 0) is 39.8 Å². The number of hydrogen-bond donors (Lipinski definition) is 4. The molecule has 2 amide bonds. The van der Waals surface area contributed by atoms with E-state index in [0.717, 1.165) is 13.1 Å². The van der Waals surface area contributed by atoms with Crippen LogP contribution in [-0.2, 0) is 4.79 Å². The molecule has 0 aliphatic carbocycles. The number of aliphatic hydroxyl groups is 1. The molecule has 0 saturated carbocycles. The van der Waals surface area contributed by atoms with Crippen LogP contribution in [0.5, 0.6) is 0 Å². The summed E-state index contributed by atoms with van der Waals surface area (Å²) >= 11 is 0. The van der Waals surface area contributed by atoms with Gasteiger partial charge < -0.3 is 20.8 Å². The Morgan fingerprint density at radius 3 is 2.32 bits per heavy atom. The highest BCUT2D eigenvalue weighted by Gasteiger charge is 2.25. The van der Waals surface area contributed by atoms with E-state index < -0.39 is 24.1 Å². The number of likely N-dealkylation sites (tertiary alicyclic amines) is 1. The quantitative estimate of drug-likeness (QED) is 0.527. The third-order valence-electron chi connectivity index (χ3n) is 3.36. The fourth-order valence-electron chi connectivity index (χ4n) is 2.13. The number of urea groups is 1. The molecule has 19 heavy (non-hydrogen) atoms. The molecule has 0 aromatic carbocycles. The molecule has 1 heterocycles. The molecule has 110 valence electrons. The van der Waals surface area contributed by atoms with Crippen molar-refractivity contribution in [1.29, 1.82) is 0 Å². The first kappa shape index (κ1) is 15.7. The predicted molar refractivity (Wildman–Crippen MR) is 69.9 cm³/mol. The molecule has 1 aliphatic heterocycles. The minimum atomic E-state index is -1.29. The van der Waals surface area contributed by atoms with E-state index in [1.165, 1.54) is 19.8 Å². The number of carboxylic acids is 1. The monoisotopic (exact) mass is 273 g/mol. The second-order valence-corrected chi connectivity index (χ2v) is 5.00. The van der Waals surface area contributed by atoms with Crippen LogP contribution < -0.4 is 10.6 Å². The molecule has 7 nitrogen and oxygen atoms in total. The number of rotatable bonds is 6. The Kier molecular flexibility index (Phi) is 6.04. The summed E-state index contributed by atoms with van der Waals surface area (Å²) in [5.74, 6) is -1.25. The third kappa shape index (κ3) is 5.04. The standard InChI is InChI=1S/C12H23N3O4/c1-8(15-5-3-4-6-15)7-13-12(19)14-10(9(2)16)11(17)18/h8-10,16H,3-7H2,1-2H3,(H,17,18)(H2,13,14,19). The Balaban J connectivity index is 2.32. The maximum atomic E-state index is 11.6. The molecule has 7 heteroatoms. The van der Waals surface area contributed by atoms with Crippen molar-refractivity contribution in [1.82, 2.24) is 15.5 Å². The topological polar surface area (TPSA) is 102 Å². The molecular weight excluding hydrogens is 250 g/mol. The fourth-order valence-corrected chi connectivity index (χ4v) is 2.13. The van der Waals surface area contributed by atoms with E-state index in [1.807, 2.05) is 6.92 Å². The van der Waals surface area contributed by atoms with Crippen molar-refractivity contribution >= 4 is 12.0 Å². The van der Waals surface area contributed by atoms with Crippen LogP contribution in [0.4, 0.5) is 4.79 Å². The van der Waals surface area contributed by atoms with Crippen molar-refractivity contribution in [3.05, 3.63) is 0 Å². The lowest BCUT2D eigenvalue weighted by atomic mass is 10.2. The number of aliphatic hydroxyl groups excluding tert-OH is 1. The SMILES string of the molecule is CC(O)C(NC(=O)NCC(C)N1CCCC1)C(=O)O. The van der Waals surface area contributed by atoms with Crippen molar-refractivity contribution < 1.29 is 19.8 Å². The molecule has 1 aliphatic rings. The van der Waals surface area contributed by atoms with E-state index in [9.17, 15) is 14.7 Å². The van der Waals surface area contributed by atoms with Crippen LogP contribution >= 0.6 is 0 Å². The summed E-state index contributed by atoms with van der Waals surface area (Å²) in [6, 6.07) is -1.63. The molecule has 0 radical (unpaired) electrons. The number of hydrogen-bond acceptors (Lipinski definition) is 4. The summed E-state index contributed by atoms with van der Waals surface area (Å²) in [6.07, 6.45) is 1.22. The van der Waals surface area contributed by atoms with E-state index in [0.29, 0.717) is 6.54 Å². The average Bonchev–Trinajstić information content (AvgIpc) is 2.85.